The summed E-state index contributed by atoms with van der Waals surface area (Å²) in [6.45, 7) is 1.81. The predicted octanol–water partition coefficient (Wildman–Crippen LogP) is 3.24. The van der Waals surface area contributed by atoms with E-state index in [1.807, 2.05) is 24.3 Å². The van der Waals surface area contributed by atoms with Gasteiger partial charge in [0.05, 0.1) is 5.41 Å². The van der Waals surface area contributed by atoms with E-state index in [0.717, 1.165) is 22.3 Å². The molecule has 1 saturated carbocycles. The first-order valence-electron chi connectivity index (χ1n) is 10.4. The lowest BCUT2D eigenvalue weighted by atomic mass is 9.98. The molecular formula is C24H26N2O5. The van der Waals surface area contributed by atoms with Crippen LogP contribution in [0.5, 0.6) is 0 Å². The second-order valence-corrected chi connectivity index (χ2v) is 8.39. The molecule has 2 N–H and O–H groups in total. The Hall–Kier alpha value is -3.35. The second kappa shape index (κ2) is 8.06. The van der Waals surface area contributed by atoms with E-state index in [2.05, 4.69) is 29.6 Å². The Morgan fingerprint density at radius 3 is 2.16 bits per heavy atom. The van der Waals surface area contributed by atoms with Gasteiger partial charge in [-0.25, -0.2) is 9.59 Å². The largest absolute Gasteiger partial charge is 0.480 e. The SMILES string of the molecule is C[C@@H](C(=O)O)N(C)C(=O)C1(CNC(=O)OCC2c3ccccc3-c3ccccc32)CC1. The summed E-state index contributed by atoms with van der Waals surface area (Å²) in [6.07, 6.45) is 0.660. The fourth-order valence-corrected chi connectivity index (χ4v) is 4.22. The van der Waals surface area contributed by atoms with Gasteiger partial charge in [0.1, 0.15) is 12.6 Å². The average Bonchev–Trinajstić information content (AvgIpc) is 3.51. The first-order chi connectivity index (χ1) is 14.8. The summed E-state index contributed by atoms with van der Waals surface area (Å²) < 4.78 is 5.52. The van der Waals surface area contributed by atoms with E-state index in [9.17, 15) is 14.4 Å². The number of hydrogen-bond acceptors (Lipinski definition) is 4. The van der Waals surface area contributed by atoms with E-state index in [4.69, 9.17) is 9.84 Å². The minimum atomic E-state index is -1.06. The molecular weight excluding hydrogens is 396 g/mol. The van der Waals surface area contributed by atoms with Gasteiger partial charge in [0, 0.05) is 19.5 Å². The third-order valence-electron chi connectivity index (χ3n) is 6.48. The Labute approximate surface area is 181 Å². The summed E-state index contributed by atoms with van der Waals surface area (Å²) in [5, 5.41) is 11.8. The molecule has 0 spiro atoms. The number of carbonyl (C=O) groups is 3. The summed E-state index contributed by atoms with van der Waals surface area (Å²) >= 11 is 0. The first kappa shape index (κ1) is 20.9. The fourth-order valence-electron chi connectivity index (χ4n) is 4.22. The van der Waals surface area contributed by atoms with Gasteiger partial charge in [0.2, 0.25) is 5.91 Å². The van der Waals surface area contributed by atoms with Crippen molar-refractivity contribution in [1.29, 1.82) is 0 Å². The summed E-state index contributed by atoms with van der Waals surface area (Å²) in [4.78, 5) is 37.5. The van der Waals surface area contributed by atoms with Crippen LogP contribution in [0.2, 0.25) is 0 Å². The van der Waals surface area contributed by atoms with Crippen LogP contribution in [0.1, 0.15) is 36.8 Å². The van der Waals surface area contributed by atoms with E-state index in [-0.39, 0.29) is 25.0 Å². The van der Waals surface area contributed by atoms with Gasteiger partial charge < -0.3 is 20.1 Å². The maximum absolute atomic E-state index is 12.7. The van der Waals surface area contributed by atoms with Crippen molar-refractivity contribution in [3.63, 3.8) is 0 Å². The van der Waals surface area contributed by atoms with Crippen LogP contribution in [0.4, 0.5) is 4.79 Å². The number of fused-ring (bicyclic) bond motifs is 3. The van der Waals surface area contributed by atoms with Crippen LogP contribution < -0.4 is 5.32 Å². The van der Waals surface area contributed by atoms with Gasteiger partial charge in [0.15, 0.2) is 0 Å². The van der Waals surface area contributed by atoms with Crippen molar-refractivity contribution in [2.45, 2.75) is 31.7 Å². The molecule has 1 fully saturated rings. The number of alkyl carbamates (subject to hydrolysis) is 1. The fraction of sp³-hybridized carbons (Fsp3) is 0.375. The number of amides is 2. The Bertz CT molecular complexity index is 985. The highest BCUT2D eigenvalue weighted by Crippen LogP contribution is 2.47. The number of hydrogen-bond donors (Lipinski definition) is 2. The molecule has 31 heavy (non-hydrogen) atoms. The van der Waals surface area contributed by atoms with Crippen LogP contribution in [0.25, 0.3) is 11.1 Å². The summed E-state index contributed by atoms with van der Waals surface area (Å²) in [7, 11) is 1.48. The van der Waals surface area contributed by atoms with Crippen molar-refractivity contribution in [3.05, 3.63) is 59.7 Å². The molecule has 0 aromatic heterocycles. The van der Waals surface area contributed by atoms with E-state index >= 15 is 0 Å². The normalized spacial score (nSPS) is 16.6. The van der Waals surface area contributed by atoms with Crippen LogP contribution in [0, 0.1) is 5.41 Å². The van der Waals surface area contributed by atoms with Gasteiger partial charge in [-0.1, -0.05) is 48.5 Å². The minimum absolute atomic E-state index is 0.0304. The van der Waals surface area contributed by atoms with Crippen molar-refractivity contribution in [2.75, 3.05) is 20.2 Å². The number of carbonyl (C=O) groups excluding carboxylic acids is 2. The lowest BCUT2D eigenvalue weighted by Gasteiger charge is -2.26. The van der Waals surface area contributed by atoms with Crippen LogP contribution in [-0.4, -0.2) is 54.2 Å². The number of nitrogens with one attached hydrogen (secondary N) is 1. The van der Waals surface area contributed by atoms with Crippen LogP contribution in [-0.2, 0) is 14.3 Å². The minimum Gasteiger partial charge on any atom is -0.480 e. The molecule has 0 saturated heterocycles. The number of carboxylic acid groups (broad SMARTS) is 1. The summed E-state index contributed by atoms with van der Waals surface area (Å²) in [5.74, 6) is -1.35. The quantitative estimate of drug-likeness (QED) is 0.714. The number of nitrogens with zero attached hydrogens (tertiary/aromatic N) is 1. The third-order valence-corrected chi connectivity index (χ3v) is 6.48. The standard InChI is InChI=1S/C24H26N2O5/c1-15(21(27)28)26(2)22(29)24(11-12-24)14-25-23(30)31-13-20-18-9-5-3-7-16(18)17-8-4-6-10-19(17)20/h3-10,15,20H,11-14H2,1-2H3,(H,25,30)(H,27,28)/t15-/m0/s1. The topological polar surface area (TPSA) is 95.9 Å². The number of carboxylic acids is 1. The average molecular weight is 422 g/mol. The number of likely N-dealkylation sites (N-methyl/N-ethyl adjacent to an activating group) is 1. The molecule has 0 heterocycles. The molecule has 7 nitrogen and oxygen atoms in total. The zero-order valence-corrected chi connectivity index (χ0v) is 17.6. The smallest absolute Gasteiger partial charge is 0.407 e. The van der Waals surface area contributed by atoms with Gasteiger partial charge >= 0.3 is 12.1 Å². The Balaban J connectivity index is 1.35. The zero-order chi connectivity index (χ0) is 22.2. The second-order valence-electron chi connectivity index (χ2n) is 8.39. The van der Waals surface area contributed by atoms with Crippen molar-refractivity contribution in [2.24, 2.45) is 5.41 Å². The molecule has 4 rings (SSSR count). The Kier molecular flexibility index (Phi) is 5.43. The number of aliphatic carboxylic acids is 1. The lowest BCUT2D eigenvalue weighted by Crippen LogP contribution is -2.47. The van der Waals surface area contributed by atoms with E-state index < -0.39 is 23.5 Å². The van der Waals surface area contributed by atoms with Crippen molar-refractivity contribution < 1.29 is 24.2 Å². The molecule has 162 valence electrons. The van der Waals surface area contributed by atoms with Crippen molar-refractivity contribution in [1.82, 2.24) is 10.2 Å². The van der Waals surface area contributed by atoms with E-state index in [1.54, 1.807) is 0 Å². The molecule has 2 aromatic rings. The molecule has 2 aliphatic carbocycles. The molecule has 2 aliphatic rings. The predicted molar refractivity (Wildman–Crippen MR) is 115 cm³/mol. The molecule has 0 unspecified atom stereocenters. The monoisotopic (exact) mass is 422 g/mol. The lowest BCUT2D eigenvalue weighted by molar-refractivity contribution is -0.150. The maximum Gasteiger partial charge on any atom is 0.407 e. The number of ether oxygens (including phenoxy) is 1. The maximum atomic E-state index is 12.7. The molecule has 7 heteroatoms. The van der Waals surface area contributed by atoms with E-state index in [1.165, 1.54) is 18.9 Å². The van der Waals surface area contributed by atoms with Crippen molar-refractivity contribution >= 4 is 18.0 Å². The van der Waals surface area contributed by atoms with Crippen molar-refractivity contribution in [3.8, 4) is 11.1 Å². The molecule has 0 bridgehead atoms. The highest BCUT2D eigenvalue weighted by Gasteiger charge is 2.52. The van der Waals surface area contributed by atoms with Gasteiger partial charge in [-0.2, -0.15) is 0 Å². The highest BCUT2D eigenvalue weighted by atomic mass is 16.5. The van der Waals surface area contributed by atoms with Crippen LogP contribution in [0.3, 0.4) is 0 Å². The number of rotatable bonds is 7. The van der Waals surface area contributed by atoms with Gasteiger partial charge in [-0.05, 0) is 42.0 Å². The summed E-state index contributed by atoms with van der Waals surface area (Å²) in [5.41, 5.74) is 3.85. The van der Waals surface area contributed by atoms with Crippen LogP contribution in [0.15, 0.2) is 48.5 Å². The Morgan fingerprint density at radius 1 is 1.10 bits per heavy atom. The molecule has 0 aliphatic heterocycles. The molecule has 1 atom stereocenters. The molecule has 0 radical (unpaired) electrons. The molecule has 2 aromatic carbocycles. The third kappa shape index (κ3) is 3.87. The highest BCUT2D eigenvalue weighted by molar-refractivity contribution is 5.89. The molecule has 2 amide bonds. The summed E-state index contributed by atoms with van der Waals surface area (Å²) in [6, 6.07) is 15.3. The van der Waals surface area contributed by atoms with Gasteiger partial charge in [0.25, 0.3) is 0 Å². The number of benzene rings is 2. The van der Waals surface area contributed by atoms with Gasteiger partial charge in [-0.3, -0.25) is 4.79 Å². The first-order valence-corrected chi connectivity index (χ1v) is 10.4. The van der Waals surface area contributed by atoms with Crippen LogP contribution >= 0.6 is 0 Å². The van der Waals surface area contributed by atoms with Gasteiger partial charge in [-0.15, -0.1) is 0 Å². The van der Waals surface area contributed by atoms with E-state index in [0.29, 0.717) is 12.8 Å². The Morgan fingerprint density at radius 2 is 1.65 bits per heavy atom. The zero-order valence-electron chi connectivity index (χ0n) is 17.6.